The molecule has 0 aromatic heterocycles. The van der Waals surface area contributed by atoms with E-state index in [4.69, 9.17) is 10.2 Å². The fraction of sp³-hybridized carbons (Fsp3) is 0.909. The zero-order valence-corrected chi connectivity index (χ0v) is 16.2. The van der Waals surface area contributed by atoms with Gasteiger partial charge in [-0.05, 0) is 38.5 Å². The molecule has 0 aliphatic rings. The van der Waals surface area contributed by atoms with Crippen molar-refractivity contribution in [1.29, 1.82) is 0 Å². The second-order valence-corrected chi connectivity index (χ2v) is 7.15. The van der Waals surface area contributed by atoms with Crippen molar-refractivity contribution >= 4 is 0 Å². The summed E-state index contributed by atoms with van der Waals surface area (Å²) in [6.07, 6.45) is 27.9. The average molecular weight is 341 g/mol. The Bertz CT molecular complexity index is 214. The molecule has 2 nitrogen and oxygen atoms in total. The van der Waals surface area contributed by atoms with Crippen LogP contribution in [-0.4, -0.2) is 23.4 Å². The first-order valence-corrected chi connectivity index (χ1v) is 10.8. The molecule has 0 aromatic carbocycles. The van der Waals surface area contributed by atoms with Crippen LogP contribution in [0, 0.1) is 0 Å². The van der Waals surface area contributed by atoms with Crippen LogP contribution in [0.4, 0.5) is 0 Å². The summed E-state index contributed by atoms with van der Waals surface area (Å²) in [6.45, 7) is 0.718. The van der Waals surface area contributed by atoms with Crippen LogP contribution in [0.2, 0.25) is 0 Å². The predicted octanol–water partition coefficient (Wildman–Crippen LogP) is 6.55. The summed E-state index contributed by atoms with van der Waals surface area (Å²) in [7, 11) is 0. The minimum atomic E-state index is 0.359. The van der Waals surface area contributed by atoms with Crippen molar-refractivity contribution in [2.75, 3.05) is 13.2 Å². The maximum absolute atomic E-state index is 8.70. The van der Waals surface area contributed by atoms with Crippen molar-refractivity contribution in [3.63, 3.8) is 0 Å². The van der Waals surface area contributed by atoms with Gasteiger partial charge in [0.25, 0.3) is 0 Å². The Morgan fingerprint density at radius 1 is 0.333 bits per heavy atom. The lowest BCUT2D eigenvalue weighted by Crippen LogP contribution is -1.84. The lowest BCUT2D eigenvalue weighted by Gasteiger charge is -2.01. The highest BCUT2D eigenvalue weighted by atomic mass is 16.3. The highest BCUT2D eigenvalue weighted by Gasteiger charge is 1.92. The van der Waals surface area contributed by atoms with Gasteiger partial charge in [0, 0.05) is 13.2 Å². The molecule has 0 saturated heterocycles. The molecule has 0 spiro atoms. The van der Waals surface area contributed by atoms with Crippen molar-refractivity contribution in [3.8, 4) is 0 Å². The summed E-state index contributed by atoms with van der Waals surface area (Å²) in [5, 5.41) is 17.4. The first-order valence-electron chi connectivity index (χ1n) is 10.8. The largest absolute Gasteiger partial charge is 0.396 e. The van der Waals surface area contributed by atoms with Crippen LogP contribution >= 0.6 is 0 Å². The van der Waals surface area contributed by atoms with Crippen molar-refractivity contribution < 1.29 is 10.2 Å². The van der Waals surface area contributed by atoms with Crippen LogP contribution in [-0.2, 0) is 0 Å². The summed E-state index contributed by atoms with van der Waals surface area (Å²) in [6, 6.07) is 0. The maximum Gasteiger partial charge on any atom is 0.0431 e. The predicted molar refractivity (Wildman–Crippen MR) is 106 cm³/mol. The first-order chi connectivity index (χ1) is 11.9. The third-order valence-corrected chi connectivity index (χ3v) is 4.72. The molecule has 0 amide bonds. The number of aliphatic hydroxyl groups is 2. The van der Waals surface area contributed by atoms with E-state index in [1.807, 2.05) is 0 Å². The van der Waals surface area contributed by atoms with E-state index >= 15 is 0 Å². The monoisotopic (exact) mass is 340 g/mol. The second-order valence-electron chi connectivity index (χ2n) is 7.15. The molecule has 144 valence electrons. The van der Waals surface area contributed by atoms with Crippen LogP contribution in [0.15, 0.2) is 12.2 Å². The Balaban J connectivity index is 3.04. The standard InChI is InChI=1S/C22H44O2/c23-21-19-17-15-13-11-9-7-5-3-1-2-4-6-8-10-12-14-16-18-20-22-24/h1-2,23-24H,3-22H2/b2-1-. The van der Waals surface area contributed by atoms with Gasteiger partial charge in [0.2, 0.25) is 0 Å². The van der Waals surface area contributed by atoms with Crippen LogP contribution in [0.1, 0.15) is 116 Å². The van der Waals surface area contributed by atoms with Gasteiger partial charge in [0.15, 0.2) is 0 Å². The fourth-order valence-corrected chi connectivity index (χ4v) is 3.11. The Morgan fingerprint density at radius 3 is 0.875 bits per heavy atom. The molecular formula is C22H44O2. The van der Waals surface area contributed by atoms with Crippen LogP contribution < -0.4 is 0 Å². The molecule has 0 rings (SSSR count). The summed E-state index contributed by atoms with van der Waals surface area (Å²) in [5.41, 5.74) is 0. The van der Waals surface area contributed by atoms with Crippen LogP contribution in [0.5, 0.6) is 0 Å². The minimum Gasteiger partial charge on any atom is -0.396 e. The highest BCUT2D eigenvalue weighted by molar-refractivity contribution is 4.81. The minimum absolute atomic E-state index is 0.359. The van der Waals surface area contributed by atoms with Gasteiger partial charge < -0.3 is 10.2 Å². The Labute approximate surface area is 151 Å². The van der Waals surface area contributed by atoms with E-state index in [-0.39, 0.29) is 0 Å². The lowest BCUT2D eigenvalue weighted by atomic mass is 10.1. The molecule has 0 atom stereocenters. The quantitative estimate of drug-likeness (QED) is 0.195. The van der Waals surface area contributed by atoms with Gasteiger partial charge in [-0.25, -0.2) is 0 Å². The van der Waals surface area contributed by atoms with Gasteiger partial charge in [-0.2, -0.15) is 0 Å². The Kier molecular flexibility index (Phi) is 22.3. The van der Waals surface area contributed by atoms with E-state index in [0.29, 0.717) is 13.2 Å². The zero-order valence-electron chi connectivity index (χ0n) is 16.2. The van der Waals surface area contributed by atoms with Gasteiger partial charge in [-0.3, -0.25) is 0 Å². The summed E-state index contributed by atoms with van der Waals surface area (Å²) >= 11 is 0. The normalized spacial score (nSPS) is 11.6. The second kappa shape index (κ2) is 22.7. The van der Waals surface area contributed by atoms with E-state index in [0.717, 1.165) is 12.8 Å². The molecule has 0 aliphatic carbocycles. The van der Waals surface area contributed by atoms with Crippen molar-refractivity contribution in [2.45, 2.75) is 116 Å². The molecule has 0 unspecified atom stereocenters. The zero-order chi connectivity index (χ0) is 17.6. The summed E-state index contributed by atoms with van der Waals surface area (Å²) < 4.78 is 0. The number of rotatable bonds is 20. The molecule has 2 heteroatoms. The van der Waals surface area contributed by atoms with E-state index in [2.05, 4.69) is 12.2 Å². The molecule has 0 bridgehead atoms. The maximum atomic E-state index is 8.70. The molecule has 0 saturated carbocycles. The molecule has 2 N–H and O–H groups in total. The summed E-state index contributed by atoms with van der Waals surface area (Å²) in [5.74, 6) is 0. The number of unbranched alkanes of at least 4 members (excludes halogenated alkanes) is 16. The van der Waals surface area contributed by atoms with Gasteiger partial charge >= 0.3 is 0 Å². The van der Waals surface area contributed by atoms with Gasteiger partial charge in [0.05, 0.1) is 0 Å². The lowest BCUT2D eigenvalue weighted by molar-refractivity contribution is 0.282. The molecule has 0 radical (unpaired) electrons. The fourth-order valence-electron chi connectivity index (χ4n) is 3.11. The van der Waals surface area contributed by atoms with Crippen LogP contribution in [0.25, 0.3) is 0 Å². The van der Waals surface area contributed by atoms with Crippen molar-refractivity contribution in [2.24, 2.45) is 0 Å². The third-order valence-electron chi connectivity index (χ3n) is 4.72. The van der Waals surface area contributed by atoms with Crippen molar-refractivity contribution in [1.82, 2.24) is 0 Å². The Hall–Kier alpha value is -0.340. The molecule has 0 fully saturated rings. The van der Waals surface area contributed by atoms with E-state index < -0.39 is 0 Å². The number of hydrogen-bond donors (Lipinski definition) is 2. The smallest absolute Gasteiger partial charge is 0.0431 e. The van der Waals surface area contributed by atoms with Crippen molar-refractivity contribution in [3.05, 3.63) is 12.2 Å². The molecule has 0 heterocycles. The third kappa shape index (κ3) is 21.7. The number of aliphatic hydroxyl groups excluding tert-OH is 2. The molecule has 0 aliphatic heterocycles. The van der Waals surface area contributed by atoms with Gasteiger partial charge in [-0.1, -0.05) is 89.2 Å². The van der Waals surface area contributed by atoms with Gasteiger partial charge in [-0.15, -0.1) is 0 Å². The highest BCUT2D eigenvalue weighted by Crippen LogP contribution is 2.11. The molecule has 0 aromatic rings. The topological polar surface area (TPSA) is 40.5 Å². The summed E-state index contributed by atoms with van der Waals surface area (Å²) in [4.78, 5) is 0. The average Bonchev–Trinajstić information content (AvgIpc) is 2.60. The van der Waals surface area contributed by atoms with Crippen LogP contribution in [0.3, 0.4) is 0 Å². The number of hydrogen-bond acceptors (Lipinski definition) is 2. The SMILES string of the molecule is OCCCCCCCCCC/C=C\CCCCCCCCCCO. The Morgan fingerprint density at radius 2 is 0.583 bits per heavy atom. The van der Waals surface area contributed by atoms with E-state index in [1.165, 1.54) is 103 Å². The van der Waals surface area contributed by atoms with E-state index in [1.54, 1.807) is 0 Å². The number of allylic oxidation sites excluding steroid dienone is 2. The van der Waals surface area contributed by atoms with Gasteiger partial charge in [0.1, 0.15) is 0 Å². The molecule has 24 heavy (non-hydrogen) atoms. The molecular weight excluding hydrogens is 296 g/mol. The van der Waals surface area contributed by atoms with E-state index in [9.17, 15) is 0 Å². The first kappa shape index (κ1) is 23.7.